The van der Waals surface area contributed by atoms with Crippen LogP contribution in [0.4, 0.5) is 0 Å². The molecule has 9 unspecified atom stereocenters. The second-order valence-electron chi connectivity index (χ2n) is 26.0. The van der Waals surface area contributed by atoms with Gasteiger partial charge in [0.05, 0.1) is 26.4 Å². The molecule has 1 heterocycles. The van der Waals surface area contributed by atoms with Crippen molar-refractivity contribution in [3.63, 3.8) is 0 Å². The zero-order valence-corrected chi connectivity index (χ0v) is 58.0. The fraction of sp³-hybridized carbons (Fsp3) is 0.792. The molecular weight excluding hydrogens is 1040 g/mol. The monoisotopic (exact) mass is 1170 g/mol. The van der Waals surface area contributed by atoms with Gasteiger partial charge in [0.2, 0.25) is 0 Å². The van der Waals surface area contributed by atoms with Crippen molar-refractivity contribution in [1.82, 2.24) is 13.7 Å². The third-order valence-corrected chi connectivity index (χ3v) is 28.4. The van der Waals surface area contributed by atoms with E-state index in [1.165, 1.54) is 96.3 Å². The van der Waals surface area contributed by atoms with Gasteiger partial charge in [-0.15, -0.1) is 39.5 Å². The molecule has 0 saturated heterocycles. The molecule has 0 spiro atoms. The molecule has 1 rings (SSSR count). The summed E-state index contributed by atoms with van der Waals surface area (Å²) < 4.78 is 5.01. The number of allylic oxidation sites excluding steroid dienone is 6. The quantitative estimate of drug-likeness (QED) is 0.0371. The molecule has 0 amide bonds. The molecule has 1 aromatic heterocycles. The summed E-state index contributed by atoms with van der Waals surface area (Å²) in [6, 6.07) is 3.14. The largest absolute Gasteiger partial charge is 0.335 e. The Morgan fingerprint density at radius 1 is 0.333 bits per heavy atom. The summed E-state index contributed by atoms with van der Waals surface area (Å²) in [5.74, 6) is 3.40. The lowest BCUT2D eigenvalue weighted by Crippen LogP contribution is -2.58. The fourth-order valence-corrected chi connectivity index (χ4v) is 23.8. The summed E-state index contributed by atoms with van der Waals surface area (Å²) in [4.78, 5) is 47.7. The third kappa shape index (κ3) is 32.0. The van der Waals surface area contributed by atoms with Crippen LogP contribution in [-0.4, -0.2) is 40.1 Å². The van der Waals surface area contributed by atoms with E-state index in [0.29, 0.717) is 70.6 Å². The normalized spacial score (nSPS) is 15.3. The van der Waals surface area contributed by atoms with Crippen molar-refractivity contribution < 1.29 is 0 Å². The first-order valence-corrected chi connectivity index (χ1v) is 40.3. The average Bonchev–Trinajstić information content (AvgIpc) is 3.58. The van der Waals surface area contributed by atoms with Crippen LogP contribution in [0.3, 0.4) is 0 Å². The van der Waals surface area contributed by atoms with Gasteiger partial charge in [0.15, 0.2) is 0 Å². The molecule has 0 aliphatic heterocycles. The Hall–Kier alpha value is -2.50. The van der Waals surface area contributed by atoms with Gasteiger partial charge in [0, 0.05) is 18.5 Å². The highest BCUT2D eigenvalue weighted by Gasteiger charge is 2.34. The minimum Gasteiger partial charge on any atom is -0.248 e. The van der Waals surface area contributed by atoms with Crippen LogP contribution in [0.2, 0.25) is 34.8 Å². The molecule has 0 aliphatic rings. The maximum absolute atomic E-state index is 15.9. The van der Waals surface area contributed by atoms with Gasteiger partial charge in [-0.05, 0) is 129 Å². The summed E-state index contributed by atoms with van der Waals surface area (Å²) >= 11 is 0. The van der Waals surface area contributed by atoms with Crippen LogP contribution in [0.15, 0.2) is 90.3 Å². The molecule has 81 heavy (non-hydrogen) atoms. The highest BCUT2D eigenvalue weighted by Crippen LogP contribution is 2.38. The van der Waals surface area contributed by atoms with Crippen LogP contribution in [0.5, 0.6) is 0 Å². The molecule has 465 valence electrons. The second-order valence-corrected chi connectivity index (χ2v) is 34.9. The van der Waals surface area contributed by atoms with Crippen LogP contribution in [-0.2, 0) is 18.5 Å². The first-order chi connectivity index (χ1) is 39.2. The van der Waals surface area contributed by atoms with E-state index in [0.717, 1.165) is 134 Å². The zero-order chi connectivity index (χ0) is 60.2. The first-order valence-electron chi connectivity index (χ1n) is 34.3. The molecule has 9 heteroatoms. The van der Waals surface area contributed by atoms with Crippen molar-refractivity contribution >= 4 is 26.4 Å². The van der Waals surface area contributed by atoms with E-state index in [1.54, 1.807) is 13.7 Å². The summed E-state index contributed by atoms with van der Waals surface area (Å²) in [5, 5.41) is 0. The Labute approximate surface area is 507 Å². The van der Waals surface area contributed by atoms with Crippen molar-refractivity contribution in [2.24, 2.45) is 35.5 Å². The Kier molecular flexibility index (Phi) is 46.0. The van der Waals surface area contributed by atoms with Crippen LogP contribution in [0, 0.1) is 35.5 Å². The minimum atomic E-state index is -1.36. The number of hydrogen-bond donors (Lipinski definition) is 0. The van der Waals surface area contributed by atoms with Crippen molar-refractivity contribution in [3.8, 4) is 0 Å². The van der Waals surface area contributed by atoms with E-state index >= 15 is 14.4 Å². The van der Waals surface area contributed by atoms with Crippen LogP contribution >= 0.6 is 0 Å². The smallest absolute Gasteiger partial charge is 0.248 e. The predicted octanol–water partition coefficient (Wildman–Crippen LogP) is 21.2. The molecule has 0 N–H and O–H groups in total. The SMILES string of the molecule is C=CCC(CC(C)CCCC)CC(CC=C)[Si](CCCCCC)Cn1c(=O)n(C[Si](CCCCCC)C(CC=C)CC(CC=C)CC(C)CCCC)c(=O)n(C[Si](CCCCCC)C(CC=C)CC(CC=C)CC(C)CCCC)c1=O. The molecule has 0 fully saturated rings. The van der Waals surface area contributed by atoms with Gasteiger partial charge >= 0.3 is 17.1 Å². The van der Waals surface area contributed by atoms with Crippen molar-refractivity contribution in [2.75, 3.05) is 0 Å². The van der Waals surface area contributed by atoms with Gasteiger partial charge in [-0.25, -0.2) is 28.1 Å². The van der Waals surface area contributed by atoms with Crippen LogP contribution in [0.25, 0.3) is 0 Å². The van der Waals surface area contributed by atoms with Gasteiger partial charge in [-0.3, -0.25) is 0 Å². The summed E-state index contributed by atoms with van der Waals surface area (Å²) in [6.45, 7) is 46.8. The summed E-state index contributed by atoms with van der Waals surface area (Å²) in [6.07, 6.45) is 51.3. The van der Waals surface area contributed by atoms with E-state index in [2.05, 4.69) is 138 Å². The number of aromatic nitrogens is 3. The molecule has 0 bridgehead atoms. The van der Waals surface area contributed by atoms with E-state index in [9.17, 15) is 0 Å². The Morgan fingerprint density at radius 3 is 0.778 bits per heavy atom. The van der Waals surface area contributed by atoms with Crippen molar-refractivity contribution in [2.45, 2.75) is 327 Å². The van der Waals surface area contributed by atoms with Gasteiger partial charge in [-0.1, -0.05) is 252 Å². The lowest BCUT2D eigenvalue weighted by atomic mass is 9.86. The maximum Gasteiger partial charge on any atom is 0.335 e. The Balaban J connectivity index is 4.54. The molecule has 9 atom stereocenters. The molecule has 3 radical (unpaired) electrons. The lowest BCUT2D eigenvalue weighted by molar-refractivity contribution is 0.343. The van der Waals surface area contributed by atoms with E-state index in [4.69, 9.17) is 0 Å². The van der Waals surface area contributed by atoms with Crippen molar-refractivity contribution in [3.05, 3.63) is 107 Å². The minimum absolute atomic E-state index is 0.346. The molecular formula is C72H132N3O3Si3. The lowest BCUT2D eigenvalue weighted by Gasteiger charge is -2.32. The molecule has 6 nitrogen and oxygen atoms in total. The average molecular weight is 1170 g/mol. The third-order valence-electron chi connectivity index (χ3n) is 18.3. The highest BCUT2D eigenvalue weighted by atomic mass is 28.3. The van der Waals surface area contributed by atoms with Crippen LogP contribution < -0.4 is 17.1 Å². The molecule has 1 aromatic rings. The molecule has 0 saturated carbocycles. The van der Waals surface area contributed by atoms with E-state index in [1.807, 2.05) is 0 Å². The van der Waals surface area contributed by atoms with Crippen molar-refractivity contribution in [1.29, 1.82) is 0 Å². The Bertz CT molecular complexity index is 1720. The second kappa shape index (κ2) is 48.7. The maximum atomic E-state index is 15.9. The first kappa shape index (κ1) is 76.5. The standard InChI is InChI=1S/C72H132N3O3Si3/c1-16-28-34-37-49-79(67(43-25-10)55-64(40-22-7)52-61(13)46-31-19-4)58-73-70(76)74(59-80(50-38-35-29-17-2)68(44-26-11)56-65(41-23-8)53-62(14)47-32-20-5)72(78)75(71(73)77)60-81(51-39-36-30-18-3)69(45-27-12)57-66(42-24-9)54-63(15)48-33-21-6/h22-27,61-69H,7-12,16-21,28-60H2,1-6,13-15H3. The number of nitrogens with zero attached hydrogens (tertiary/aromatic N) is 3. The summed E-state index contributed by atoms with van der Waals surface area (Å²) in [5.41, 5.74) is 0.0198. The van der Waals surface area contributed by atoms with Gasteiger partial charge in [0.1, 0.15) is 0 Å². The predicted molar refractivity (Wildman–Crippen MR) is 368 cm³/mol. The van der Waals surface area contributed by atoms with E-state index < -0.39 is 26.4 Å². The summed E-state index contributed by atoms with van der Waals surface area (Å²) in [7, 11) is -4.08. The van der Waals surface area contributed by atoms with Gasteiger partial charge in [0.25, 0.3) is 0 Å². The van der Waals surface area contributed by atoms with E-state index in [-0.39, 0.29) is 17.1 Å². The number of hydrogen-bond acceptors (Lipinski definition) is 3. The van der Waals surface area contributed by atoms with Crippen LogP contribution in [0.1, 0.15) is 274 Å². The highest BCUT2D eigenvalue weighted by molar-refractivity contribution is 6.60. The number of rotatable bonds is 57. The van der Waals surface area contributed by atoms with Gasteiger partial charge < -0.3 is 0 Å². The Morgan fingerprint density at radius 2 is 0.568 bits per heavy atom. The number of unbranched alkanes of at least 4 members (excludes halogenated alkanes) is 12. The topological polar surface area (TPSA) is 66.0 Å². The van der Waals surface area contributed by atoms with Gasteiger partial charge in [-0.2, -0.15) is 0 Å². The zero-order valence-electron chi connectivity index (χ0n) is 55.0. The molecule has 0 aliphatic carbocycles. The molecule has 0 aromatic carbocycles. The fourth-order valence-electron chi connectivity index (χ4n) is 13.7.